The lowest BCUT2D eigenvalue weighted by atomic mass is 9.89. The van der Waals surface area contributed by atoms with E-state index in [2.05, 4.69) is 32.6 Å². The number of hydrogen-bond donors (Lipinski definition) is 1. The molecular weight excluding hydrogens is 292 g/mol. The van der Waals surface area contributed by atoms with E-state index in [4.69, 9.17) is 0 Å². The van der Waals surface area contributed by atoms with Crippen LogP contribution in [-0.2, 0) is 9.59 Å². The standard InChI is InChI=1S/C18H34N2O3/c1-13(2)10-19(11-14(3)4)12-18(5,6)17(23)20-9-7-8-15(20)16(21)22/h13-15H,7-12H2,1-6H3,(H,21,22). The van der Waals surface area contributed by atoms with Gasteiger partial charge in [-0.15, -0.1) is 0 Å². The molecular formula is C18H34N2O3. The lowest BCUT2D eigenvalue weighted by Gasteiger charge is -2.37. The van der Waals surface area contributed by atoms with Gasteiger partial charge in [-0.2, -0.15) is 0 Å². The molecule has 5 nitrogen and oxygen atoms in total. The fourth-order valence-electron chi connectivity index (χ4n) is 3.52. The Morgan fingerprint density at radius 1 is 1.17 bits per heavy atom. The van der Waals surface area contributed by atoms with Gasteiger partial charge in [0.2, 0.25) is 5.91 Å². The van der Waals surface area contributed by atoms with Gasteiger partial charge >= 0.3 is 5.97 Å². The molecule has 0 aromatic heterocycles. The molecule has 0 saturated carbocycles. The summed E-state index contributed by atoms with van der Waals surface area (Å²) in [4.78, 5) is 28.2. The second kappa shape index (κ2) is 8.13. The zero-order valence-corrected chi connectivity index (χ0v) is 15.6. The first-order valence-corrected chi connectivity index (χ1v) is 8.80. The normalized spacial score (nSPS) is 19.2. The first kappa shape index (κ1) is 19.9. The Labute approximate surface area is 141 Å². The number of nitrogens with zero attached hydrogens (tertiary/aromatic N) is 2. The number of aliphatic carboxylic acids is 1. The van der Waals surface area contributed by atoms with Gasteiger partial charge in [-0.25, -0.2) is 4.79 Å². The van der Waals surface area contributed by atoms with Crippen molar-refractivity contribution in [1.82, 2.24) is 9.80 Å². The molecule has 134 valence electrons. The Bertz CT molecular complexity index is 408. The van der Waals surface area contributed by atoms with Gasteiger partial charge in [0, 0.05) is 26.2 Å². The zero-order chi connectivity index (χ0) is 17.8. The molecule has 1 unspecified atom stereocenters. The van der Waals surface area contributed by atoms with Gasteiger partial charge in [0.05, 0.1) is 5.41 Å². The molecule has 1 amide bonds. The Kier molecular flexibility index (Phi) is 7.05. The van der Waals surface area contributed by atoms with Crippen molar-refractivity contribution in [3.8, 4) is 0 Å². The van der Waals surface area contributed by atoms with Crippen LogP contribution in [-0.4, -0.2) is 59.0 Å². The number of carbonyl (C=O) groups excluding carboxylic acids is 1. The lowest BCUT2D eigenvalue weighted by molar-refractivity contribution is -0.152. The third kappa shape index (κ3) is 5.79. The second-order valence-corrected chi connectivity index (χ2v) is 8.36. The molecule has 5 heteroatoms. The van der Waals surface area contributed by atoms with Crippen molar-refractivity contribution in [2.75, 3.05) is 26.2 Å². The van der Waals surface area contributed by atoms with E-state index in [1.165, 1.54) is 0 Å². The van der Waals surface area contributed by atoms with Crippen molar-refractivity contribution in [1.29, 1.82) is 0 Å². The van der Waals surface area contributed by atoms with Crippen molar-refractivity contribution in [2.45, 2.75) is 60.4 Å². The molecule has 1 fully saturated rings. The van der Waals surface area contributed by atoms with Crippen molar-refractivity contribution in [3.05, 3.63) is 0 Å². The summed E-state index contributed by atoms with van der Waals surface area (Å²) in [5.41, 5.74) is -0.568. The number of likely N-dealkylation sites (tertiary alicyclic amines) is 1. The zero-order valence-electron chi connectivity index (χ0n) is 15.6. The van der Waals surface area contributed by atoms with E-state index in [-0.39, 0.29) is 5.91 Å². The van der Waals surface area contributed by atoms with Crippen LogP contribution in [0.25, 0.3) is 0 Å². The molecule has 1 N–H and O–H groups in total. The number of hydrogen-bond acceptors (Lipinski definition) is 3. The van der Waals surface area contributed by atoms with Crippen molar-refractivity contribution < 1.29 is 14.7 Å². The summed E-state index contributed by atoms with van der Waals surface area (Å²) in [6, 6.07) is -0.648. The number of rotatable bonds is 8. The molecule has 1 atom stereocenters. The summed E-state index contributed by atoms with van der Waals surface area (Å²) in [5.74, 6) is 0.171. The largest absolute Gasteiger partial charge is 0.480 e. The quantitative estimate of drug-likeness (QED) is 0.745. The summed E-state index contributed by atoms with van der Waals surface area (Å²) >= 11 is 0. The highest BCUT2D eigenvalue weighted by molar-refractivity contribution is 5.87. The minimum Gasteiger partial charge on any atom is -0.480 e. The van der Waals surface area contributed by atoms with E-state index in [1.807, 2.05) is 13.8 Å². The van der Waals surface area contributed by atoms with Gasteiger partial charge in [0.25, 0.3) is 0 Å². The first-order valence-electron chi connectivity index (χ1n) is 8.80. The van der Waals surface area contributed by atoms with Crippen LogP contribution in [0.3, 0.4) is 0 Å². The Morgan fingerprint density at radius 3 is 2.13 bits per heavy atom. The third-order valence-electron chi connectivity index (χ3n) is 4.24. The predicted octanol–water partition coefficient (Wildman–Crippen LogP) is 2.70. The van der Waals surface area contributed by atoms with Crippen LogP contribution in [0.5, 0.6) is 0 Å². The molecule has 0 aliphatic carbocycles. The van der Waals surface area contributed by atoms with E-state index >= 15 is 0 Å². The average molecular weight is 326 g/mol. The molecule has 1 aliphatic heterocycles. The Balaban J connectivity index is 2.81. The van der Waals surface area contributed by atoms with Crippen LogP contribution in [0.4, 0.5) is 0 Å². The lowest BCUT2D eigenvalue weighted by Crippen LogP contribution is -2.51. The molecule has 23 heavy (non-hydrogen) atoms. The molecule has 1 rings (SSSR count). The van der Waals surface area contributed by atoms with E-state index in [9.17, 15) is 14.7 Å². The van der Waals surface area contributed by atoms with Gasteiger partial charge in [0.15, 0.2) is 0 Å². The van der Waals surface area contributed by atoms with E-state index in [0.29, 0.717) is 31.3 Å². The fourth-order valence-corrected chi connectivity index (χ4v) is 3.52. The smallest absolute Gasteiger partial charge is 0.326 e. The minimum atomic E-state index is -0.882. The molecule has 1 heterocycles. The molecule has 0 aromatic rings. The van der Waals surface area contributed by atoms with Crippen LogP contribution >= 0.6 is 0 Å². The highest BCUT2D eigenvalue weighted by Crippen LogP contribution is 2.27. The summed E-state index contributed by atoms with van der Waals surface area (Å²) < 4.78 is 0. The maximum atomic E-state index is 12.9. The van der Waals surface area contributed by atoms with Gasteiger partial charge in [-0.1, -0.05) is 27.7 Å². The third-order valence-corrected chi connectivity index (χ3v) is 4.24. The van der Waals surface area contributed by atoms with Gasteiger partial charge < -0.3 is 14.9 Å². The van der Waals surface area contributed by atoms with Crippen LogP contribution in [0.1, 0.15) is 54.4 Å². The topological polar surface area (TPSA) is 60.9 Å². The maximum absolute atomic E-state index is 12.9. The summed E-state index contributed by atoms with van der Waals surface area (Å²) in [6.07, 6.45) is 1.35. The number of carbonyl (C=O) groups is 2. The van der Waals surface area contributed by atoms with E-state index in [1.54, 1.807) is 4.90 Å². The average Bonchev–Trinajstić information content (AvgIpc) is 2.84. The molecule has 1 saturated heterocycles. The summed E-state index contributed by atoms with van der Waals surface area (Å²) in [5, 5.41) is 9.31. The number of amides is 1. The van der Waals surface area contributed by atoms with E-state index < -0.39 is 17.4 Å². The second-order valence-electron chi connectivity index (χ2n) is 8.36. The Morgan fingerprint density at radius 2 is 1.70 bits per heavy atom. The summed E-state index contributed by atoms with van der Waals surface area (Å²) in [7, 11) is 0. The van der Waals surface area contributed by atoms with E-state index in [0.717, 1.165) is 19.5 Å². The Hall–Kier alpha value is -1.10. The summed E-state index contributed by atoms with van der Waals surface area (Å²) in [6.45, 7) is 15.8. The van der Waals surface area contributed by atoms with Gasteiger partial charge in [-0.05, 0) is 38.5 Å². The maximum Gasteiger partial charge on any atom is 0.326 e. The van der Waals surface area contributed by atoms with Gasteiger partial charge in [0.1, 0.15) is 6.04 Å². The molecule has 0 spiro atoms. The minimum absolute atomic E-state index is 0.0279. The SMILES string of the molecule is CC(C)CN(CC(C)C)CC(C)(C)C(=O)N1CCCC1C(=O)O. The van der Waals surface area contributed by atoms with Crippen LogP contribution in [0.15, 0.2) is 0 Å². The molecule has 0 bridgehead atoms. The molecule has 1 aliphatic rings. The van der Waals surface area contributed by atoms with Crippen LogP contribution in [0, 0.1) is 17.3 Å². The highest BCUT2D eigenvalue weighted by atomic mass is 16.4. The van der Waals surface area contributed by atoms with Crippen LogP contribution in [0.2, 0.25) is 0 Å². The predicted molar refractivity (Wildman–Crippen MR) is 92.3 cm³/mol. The monoisotopic (exact) mass is 326 g/mol. The molecule has 0 radical (unpaired) electrons. The number of carboxylic acids is 1. The van der Waals surface area contributed by atoms with Crippen molar-refractivity contribution >= 4 is 11.9 Å². The van der Waals surface area contributed by atoms with Crippen molar-refractivity contribution in [2.24, 2.45) is 17.3 Å². The fraction of sp³-hybridized carbons (Fsp3) is 0.889. The van der Waals surface area contributed by atoms with Crippen molar-refractivity contribution in [3.63, 3.8) is 0 Å². The highest BCUT2D eigenvalue weighted by Gasteiger charge is 2.41. The van der Waals surface area contributed by atoms with Gasteiger partial charge in [-0.3, -0.25) is 4.79 Å². The number of carboxylic acid groups (broad SMARTS) is 1. The molecule has 0 aromatic carbocycles. The van der Waals surface area contributed by atoms with Crippen LogP contribution < -0.4 is 0 Å². The first-order chi connectivity index (χ1) is 10.5.